The third-order valence-corrected chi connectivity index (χ3v) is 5.98. The molecule has 194 valence electrons. The van der Waals surface area contributed by atoms with Gasteiger partial charge in [0.1, 0.15) is 29.3 Å². The highest BCUT2D eigenvalue weighted by atomic mass is 35.5. The van der Waals surface area contributed by atoms with Gasteiger partial charge < -0.3 is 20.1 Å². The molecule has 3 aromatic rings. The summed E-state index contributed by atoms with van der Waals surface area (Å²) in [4.78, 5) is 35.0. The van der Waals surface area contributed by atoms with Crippen molar-refractivity contribution in [1.29, 1.82) is 0 Å². The van der Waals surface area contributed by atoms with Gasteiger partial charge in [0.05, 0.1) is 22.8 Å². The largest absolute Gasteiger partial charge is 0.473 e. The van der Waals surface area contributed by atoms with Gasteiger partial charge in [-0.05, 0) is 50.6 Å². The molecule has 0 spiro atoms. The van der Waals surface area contributed by atoms with E-state index in [4.69, 9.17) is 21.1 Å². The number of hydrogen-bond acceptors (Lipinski definition) is 8. The maximum atomic E-state index is 13.6. The lowest BCUT2D eigenvalue weighted by Crippen LogP contribution is -2.55. The topological polar surface area (TPSA) is 106 Å². The fourth-order valence-electron chi connectivity index (χ4n) is 4.12. The number of carbonyl (C=O) groups is 2. The van der Waals surface area contributed by atoms with Crippen LogP contribution in [-0.2, 0) is 14.3 Å². The van der Waals surface area contributed by atoms with Crippen LogP contribution in [0.2, 0.25) is 5.02 Å². The minimum atomic E-state index is -0.660. The number of hydrogen-bond donors (Lipinski definition) is 2. The first-order chi connectivity index (χ1) is 17.6. The minimum Gasteiger partial charge on any atom is -0.473 e. The van der Waals surface area contributed by atoms with Crippen LogP contribution in [0, 0.1) is 5.82 Å². The Morgan fingerprint density at radius 1 is 1.35 bits per heavy atom. The number of carbonyl (C=O) groups excluding carboxylic acids is 2. The fraction of sp³-hybridized carbons (Fsp3) is 0.308. The Balaban J connectivity index is 1.72. The van der Waals surface area contributed by atoms with Gasteiger partial charge >= 0.3 is 5.97 Å². The summed E-state index contributed by atoms with van der Waals surface area (Å²) in [5, 5.41) is 6.42. The number of benzene rings is 2. The zero-order chi connectivity index (χ0) is 26.7. The molecule has 9 nitrogen and oxygen atoms in total. The molecule has 0 bridgehead atoms. The summed E-state index contributed by atoms with van der Waals surface area (Å²) in [7, 11) is 0. The number of anilines is 3. The number of nitrogens with zero attached hydrogens (tertiary/aromatic N) is 3. The van der Waals surface area contributed by atoms with Crippen LogP contribution in [0.15, 0.2) is 49.3 Å². The number of nitrogens with one attached hydrogen (secondary N) is 2. The predicted octanol–water partition coefficient (Wildman–Crippen LogP) is 5.04. The highest BCUT2D eigenvalue weighted by Crippen LogP contribution is 2.35. The van der Waals surface area contributed by atoms with Gasteiger partial charge in [0.15, 0.2) is 6.23 Å². The normalized spacial score (nSPS) is 16.1. The van der Waals surface area contributed by atoms with Crippen molar-refractivity contribution in [2.24, 2.45) is 0 Å². The summed E-state index contributed by atoms with van der Waals surface area (Å²) < 4.78 is 25.4. The first kappa shape index (κ1) is 26.3. The van der Waals surface area contributed by atoms with Crippen LogP contribution >= 0.6 is 11.6 Å². The van der Waals surface area contributed by atoms with Crippen LogP contribution in [0.5, 0.6) is 5.75 Å². The number of cyclic esters (lactones) is 1. The van der Waals surface area contributed by atoms with E-state index in [2.05, 4.69) is 27.2 Å². The van der Waals surface area contributed by atoms with Gasteiger partial charge in [-0.2, -0.15) is 0 Å². The highest BCUT2D eigenvalue weighted by molar-refractivity contribution is 6.31. The number of halogens is 2. The SMILES string of the molecule is C=CC(=O)Nc1cc2c(Nc3ccc(F)c(Cl)c3)ncnc2cc1OC(CC)N1CC(=O)OC(C)(C)C1. The molecular formula is C26H27ClFN5O4. The lowest BCUT2D eigenvalue weighted by atomic mass is 10.1. The zero-order valence-corrected chi connectivity index (χ0v) is 21.4. The Bertz CT molecular complexity index is 1370. The van der Waals surface area contributed by atoms with Crippen molar-refractivity contribution in [2.45, 2.75) is 39.0 Å². The van der Waals surface area contributed by atoms with Crippen LogP contribution in [0.4, 0.5) is 21.6 Å². The number of amides is 1. The van der Waals surface area contributed by atoms with E-state index in [-0.39, 0.29) is 17.5 Å². The number of ether oxygens (including phenoxy) is 2. The van der Waals surface area contributed by atoms with Crippen LogP contribution in [-0.4, -0.2) is 51.7 Å². The molecule has 4 rings (SSSR count). The van der Waals surface area contributed by atoms with Crippen molar-refractivity contribution >= 4 is 51.6 Å². The van der Waals surface area contributed by atoms with Crippen LogP contribution in [0.3, 0.4) is 0 Å². The second kappa shape index (κ2) is 10.7. The first-order valence-corrected chi connectivity index (χ1v) is 12.0. The van der Waals surface area contributed by atoms with Gasteiger partial charge in [-0.1, -0.05) is 25.1 Å². The van der Waals surface area contributed by atoms with Crippen LogP contribution in [0.25, 0.3) is 10.9 Å². The Kier molecular flexibility index (Phi) is 7.60. The quantitative estimate of drug-likeness (QED) is 0.310. The Labute approximate surface area is 218 Å². The van der Waals surface area contributed by atoms with E-state index in [0.717, 1.165) is 6.08 Å². The van der Waals surface area contributed by atoms with Gasteiger partial charge in [-0.25, -0.2) is 14.4 Å². The van der Waals surface area contributed by atoms with Gasteiger partial charge in [-0.3, -0.25) is 14.5 Å². The molecule has 2 heterocycles. The van der Waals surface area contributed by atoms with E-state index in [1.165, 1.54) is 24.5 Å². The van der Waals surface area contributed by atoms with E-state index in [1.54, 1.807) is 12.1 Å². The van der Waals surface area contributed by atoms with Crippen molar-refractivity contribution in [3.8, 4) is 5.75 Å². The summed E-state index contributed by atoms with van der Waals surface area (Å²) in [6.45, 7) is 9.71. The molecule has 1 saturated heterocycles. The second-order valence-electron chi connectivity index (χ2n) is 9.15. The lowest BCUT2D eigenvalue weighted by Gasteiger charge is -2.40. The summed E-state index contributed by atoms with van der Waals surface area (Å²) >= 11 is 5.92. The fourth-order valence-corrected chi connectivity index (χ4v) is 4.30. The molecule has 1 aromatic heterocycles. The number of aromatic nitrogens is 2. The van der Waals surface area contributed by atoms with Crippen LogP contribution in [0.1, 0.15) is 27.2 Å². The molecule has 37 heavy (non-hydrogen) atoms. The molecule has 1 fully saturated rings. The molecular weight excluding hydrogens is 501 g/mol. The summed E-state index contributed by atoms with van der Waals surface area (Å²) in [5.41, 5.74) is 0.760. The Hall–Kier alpha value is -3.76. The molecule has 0 aliphatic carbocycles. The molecule has 0 saturated carbocycles. The van der Waals surface area contributed by atoms with Crippen molar-refractivity contribution in [3.05, 3.63) is 60.2 Å². The zero-order valence-electron chi connectivity index (χ0n) is 20.7. The average Bonchev–Trinajstić information content (AvgIpc) is 2.84. The van der Waals surface area contributed by atoms with Gasteiger partial charge in [0.2, 0.25) is 5.91 Å². The summed E-state index contributed by atoms with van der Waals surface area (Å²) in [6, 6.07) is 7.59. The smallest absolute Gasteiger partial charge is 0.320 e. The van der Waals surface area contributed by atoms with E-state index in [9.17, 15) is 14.0 Å². The third-order valence-electron chi connectivity index (χ3n) is 5.69. The number of morpholine rings is 1. The van der Waals surface area contributed by atoms with Crippen molar-refractivity contribution < 1.29 is 23.5 Å². The molecule has 1 atom stereocenters. The Morgan fingerprint density at radius 3 is 2.81 bits per heavy atom. The first-order valence-electron chi connectivity index (χ1n) is 11.7. The summed E-state index contributed by atoms with van der Waals surface area (Å²) in [5.74, 6) is -0.522. The van der Waals surface area contributed by atoms with Gasteiger partial charge in [-0.15, -0.1) is 0 Å². The molecule has 11 heteroatoms. The molecule has 1 amide bonds. The molecule has 1 aliphatic heterocycles. The van der Waals surface area contributed by atoms with E-state index < -0.39 is 23.6 Å². The number of esters is 1. The van der Waals surface area contributed by atoms with Crippen molar-refractivity contribution in [2.75, 3.05) is 23.7 Å². The van der Waals surface area contributed by atoms with E-state index >= 15 is 0 Å². The van der Waals surface area contributed by atoms with Crippen molar-refractivity contribution in [3.63, 3.8) is 0 Å². The van der Waals surface area contributed by atoms with E-state index in [0.29, 0.717) is 46.8 Å². The maximum Gasteiger partial charge on any atom is 0.320 e. The molecule has 2 aromatic carbocycles. The van der Waals surface area contributed by atoms with Crippen LogP contribution < -0.4 is 15.4 Å². The third kappa shape index (κ3) is 6.15. The predicted molar refractivity (Wildman–Crippen MR) is 140 cm³/mol. The lowest BCUT2D eigenvalue weighted by molar-refractivity contribution is -0.177. The Morgan fingerprint density at radius 2 is 2.14 bits per heavy atom. The molecule has 2 N–H and O–H groups in total. The minimum absolute atomic E-state index is 0.0339. The molecule has 1 aliphatic rings. The number of fused-ring (bicyclic) bond motifs is 1. The van der Waals surface area contributed by atoms with Crippen molar-refractivity contribution in [1.82, 2.24) is 14.9 Å². The summed E-state index contributed by atoms with van der Waals surface area (Å²) in [6.07, 6.45) is 2.63. The average molecular weight is 528 g/mol. The maximum absolute atomic E-state index is 13.6. The van der Waals surface area contributed by atoms with E-state index in [1.807, 2.05) is 25.7 Å². The number of rotatable bonds is 8. The van der Waals surface area contributed by atoms with Gasteiger partial charge in [0, 0.05) is 23.7 Å². The molecule has 1 unspecified atom stereocenters. The highest BCUT2D eigenvalue weighted by Gasteiger charge is 2.36. The second-order valence-corrected chi connectivity index (χ2v) is 9.56. The molecule has 0 radical (unpaired) electrons. The monoisotopic (exact) mass is 527 g/mol. The van der Waals surface area contributed by atoms with Gasteiger partial charge in [0.25, 0.3) is 0 Å². The standard InChI is InChI=1S/C26H27ClFN5O4/c1-5-22(34)32-20-10-16-19(29-14-30-25(16)31-15-7-8-18(28)17(27)9-15)11-21(20)36-23(6-2)33-12-24(35)37-26(3,4)13-33/h5,7-11,14,23H,1,6,12-13H2,2-4H3,(H,32,34)(H,29,30,31).